The second-order valence-corrected chi connectivity index (χ2v) is 5.29. The fraction of sp³-hybridized carbons (Fsp3) is 0.294. The number of hydrogen-bond donors (Lipinski definition) is 0. The first kappa shape index (κ1) is 13.4. The molecule has 2 aliphatic heterocycles. The first-order valence-corrected chi connectivity index (χ1v) is 6.69. The normalized spacial score (nSPS) is 31.9. The van der Waals surface area contributed by atoms with Crippen LogP contribution in [0.5, 0.6) is 0 Å². The van der Waals surface area contributed by atoms with Crippen molar-refractivity contribution in [3.05, 3.63) is 30.3 Å². The summed E-state index contributed by atoms with van der Waals surface area (Å²) in [6.45, 7) is 0. The number of benzene rings is 1. The Morgan fingerprint density at radius 2 is 1.43 bits per heavy atom. The quantitative estimate of drug-likeness (QED) is 0.562. The van der Waals surface area contributed by atoms with Crippen molar-refractivity contribution in [1.29, 1.82) is 0 Å². The number of carbonyl (C=O) groups is 2. The van der Waals surface area contributed by atoms with Gasteiger partial charge >= 0.3 is 0 Å². The van der Waals surface area contributed by atoms with Crippen molar-refractivity contribution in [1.82, 2.24) is 4.90 Å². The largest absolute Gasteiger partial charge is 0.278 e. The maximum atomic E-state index is 12.7. The van der Waals surface area contributed by atoms with E-state index in [0.29, 0.717) is 5.69 Å². The van der Waals surface area contributed by atoms with Crippen molar-refractivity contribution in [2.24, 2.45) is 11.8 Å². The third-order valence-electron chi connectivity index (χ3n) is 4.31. The van der Waals surface area contributed by atoms with Gasteiger partial charge in [-0.15, -0.1) is 12.8 Å². The molecule has 2 saturated heterocycles. The minimum atomic E-state index is -0.561. The van der Waals surface area contributed by atoms with Gasteiger partial charge in [-0.2, -0.15) is 0 Å². The summed E-state index contributed by atoms with van der Waals surface area (Å²) in [6.07, 6.45) is 11.1. The van der Waals surface area contributed by atoms with E-state index in [1.165, 1.54) is 4.90 Å². The summed E-state index contributed by atoms with van der Waals surface area (Å²) < 4.78 is 0. The summed E-state index contributed by atoms with van der Waals surface area (Å²) in [6, 6.07) is 7.98. The first-order valence-electron chi connectivity index (χ1n) is 6.69. The molecule has 21 heavy (non-hydrogen) atoms. The summed E-state index contributed by atoms with van der Waals surface area (Å²) in [7, 11) is 1.76. The maximum Gasteiger partial charge on any atom is 0.240 e. The van der Waals surface area contributed by atoms with Crippen LogP contribution in [0.15, 0.2) is 30.3 Å². The molecule has 0 bridgehead atoms. The number of likely N-dealkylation sites (tertiary alicyclic amines) is 1. The molecule has 2 fully saturated rings. The zero-order valence-corrected chi connectivity index (χ0v) is 11.6. The molecule has 2 aliphatic rings. The van der Waals surface area contributed by atoms with Crippen molar-refractivity contribution < 1.29 is 9.59 Å². The van der Waals surface area contributed by atoms with E-state index in [1.54, 1.807) is 36.2 Å². The minimum Gasteiger partial charge on any atom is -0.278 e. The molecule has 4 nitrogen and oxygen atoms in total. The molecule has 2 amide bonds. The number of terminal acetylenes is 2. The van der Waals surface area contributed by atoms with Gasteiger partial charge in [0.1, 0.15) is 0 Å². The van der Waals surface area contributed by atoms with Crippen LogP contribution in [0.3, 0.4) is 0 Å². The Morgan fingerprint density at radius 3 is 1.86 bits per heavy atom. The summed E-state index contributed by atoms with van der Waals surface area (Å²) in [5.41, 5.74) is 0.566. The second-order valence-electron chi connectivity index (χ2n) is 5.29. The van der Waals surface area contributed by atoms with E-state index in [9.17, 15) is 9.59 Å². The molecule has 0 aromatic heterocycles. The maximum absolute atomic E-state index is 12.7. The van der Waals surface area contributed by atoms with Crippen LogP contribution in [-0.2, 0) is 9.59 Å². The highest BCUT2D eigenvalue weighted by molar-refractivity contribution is 6.23. The number of amides is 2. The van der Waals surface area contributed by atoms with Crippen LogP contribution >= 0.6 is 0 Å². The molecule has 3 rings (SSSR count). The van der Waals surface area contributed by atoms with Crippen LogP contribution in [-0.4, -0.2) is 35.8 Å². The van der Waals surface area contributed by atoms with E-state index in [1.807, 2.05) is 6.07 Å². The van der Waals surface area contributed by atoms with Crippen LogP contribution in [0.25, 0.3) is 0 Å². The Labute approximate surface area is 123 Å². The molecule has 0 radical (unpaired) electrons. The van der Waals surface area contributed by atoms with Crippen molar-refractivity contribution in [3.63, 3.8) is 0 Å². The van der Waals surface area contributed by atoms with Crippen LogP contribution in [0.1, 0.15) is 0 Å². The zero-order valence-electron chi connectivity index (χ0n) is 11.6. The average Bonchev–Trinajstić information content (AvgIpc) is 2.92. The van der Waals surface area contributed by atoms with Gasteiger partial charge < -0.3 is 0 Å². The molecule has 4 heteroatoms. The summed E-state index contributed by atoms with van der Waals surface area (Å²) in [5.74, 6) is 3.56. The number of carbonyl (C=O) groups excluding carboxylic acids is 2. The molecule has 4 atom stereocenters. The van der Waals surface area contributed by atoms with E-state index in [-0.39, 0.29) is 11.8 Å². The minimum absolute atomic E-state index is 0.260. The lowest BCUT2D eigenvalue weighted by Crippen LogP contribution is -2.42. The Bertz CT molecular complexity index is 643. The van der Waals surface area contributed by atoms with Gasteiger partial charge in [-0.3, -0.25) is 14.5 Å². The smallest absolute Gasteiger partial charge is 0.240 e. The Balaban J connectivity index is 2.06. The predicted molar refractivity (Wildman–Crippen MR) is 78.9 cm³/mol. The van der Waals surface area contributed by atoms with Gasteiger partial charge in [0, 0.05) is 0 Å². The molecule has 0 unspecified atom stereocenters. The van der Waals surface area contributed by atoms with E-state index >= 15 is 0 Å². The topological polar surface area (TPSA) is 40.6 Å². The zero-order chi connectivity index (χ0) is 15.1. The molecule has 0 saturated carbocycles. The SMILES string of the molecule is C#C[C@H]1[C@@H]2C(=O)N(c3ccccc3)C(=O)[C@@H]2[C@H](C#C)N1C. The number of nitrogens with zero attached hydrogens (tertiary/aromatic N) is 2. The molecule has 2 heterocycles. The molecule has 0 spiro atoms. The molecule has 0 N–H and O–H groups in total. The van der Waals surface area contributed by atoms with Gasteiger partial charge in [-0.05, 0) is 19.2 Å². The van der Waals surface area contributed by atoms with Crippen LogP contribution < -0.4 is 4.90 Å². The lowest BCUT2D eigenvalue weighted by atomic mass is 9.90. The molecule has 1 aromatic rings. The molecule has 104 valence electrons. The Hall–Kier alpha value is -2.56. The van der Waals surface area contributed by atoms with Gasteiger partial charge in [0.25, 0.3) is 0 Å². The van der Waals surface area contributed by atoms with E-state index in [2.05, 4.69) is 11.8 Å². The first-order chi connectivity index (χ1) is 10.1. The molecular weight excluding hydrogens is 264 g/mol. The summed E-state index contributed by atoms with van der Waals surface area (Å²) >= 11 is 0. The Morgan fingerprint density at radius 1 is 0.952 bits per heavy atom. The van der Waals surface area contributed by atoms with Crippen molar-refractivity contribution in [2.45, 2.75) is 12.1 Å². The number of rotatable bonds is 1. The average molecular weight is 278 g/mol. The molecular formula is C17H14N2O2. The van der Waals surface area contributed by atoms with Crippen LogP contribution in [0.2, 0.25) is 0 Å². The van der Waals surface area contributed by atoms with Gasteiger partial charge in [-0.1, -0.05) is 30.0 Å². The lowest BCUT2D eigenvalue weighted by Gasteiger charge is -2.24. The van der Waals surface area contributed by atoms with Gasteiger partial charge in [0.15, 0.2) is 0 Å². The number of imide groups is 1. The monoisotopic (exact) mass is 278 g/mol. The fourth-order valence-corrected chi connectivity index (χ4v) is 3.33. The summed E-state index contributed by atoms with van der Waals surface area (Å²) in [4.78, 5) is 28.4. The summed E-state index contributed by atoms with van der Waals surface area (Å²) in [5, 5.41) is 0. The van der Waals surface area contributed by atoms with Crippen molar-refractivity contribution >= 4 is 17.5 Å². The lowest BCUT2D eigenvalue weighted by molar-refractivity contribution is -0.123. The number of anilines is 1. The highest BCUT2D eigenvalue weighted by atomic mass is 16.2. The third kappa shape index (κ3) is 1.70. The molecule has 1 aromatic carbocycles. The number of fused-ring (bicyclic) bond motifs is 1. The van der Waals surface area contributed by atoms with Crippen molar-refractivity contribution in [2.75, 3.05) is 11.9 Å². The van der Waals surface area contributed by atoms with Gasteiger partial charge in [-0.25, -0.2) is 4.90 Å². The molecule has 0 aliphatic carbocycles. The van der Waals surface area contributed by atoms with Gasteiger partial charge in [0.2, 0.25) is 11.8 Å². The van der Waals surface area contributed by atoms with E-state index in [0.717, 1.165) is 0 Å². The van der Waals surface area contributed by atoms with Gasteiger partial charge in [0.05, 0.1) is 29.6 Å². The third-order valence-corrected chi connectivity index (χ3v) is 4.31. The number of para-hydroxylation sites is 1. The van der Waals surface area contributed by atoms with Crippen LogP contribution in [0, 0.1) is 36.5 Å². The number of hydrogen-bond acceptors (Lipinski definition) is 3. The van der Waals surface area contributed by atoms with Crippen LogP contribution in [0.4, 0.5) is 5.69 Å². The highest BCUT2D eigenvalue weighted by Gasteiger charge is 2.60. The highest BCUT2D eigenvalue weighted by Crippen LogP contribution is 2.42. The second kappa shape index (κ2) is 4.77. The fourth-order valence-electron chi connectivity index (χ4n) is 3.33. The van der Waals surface area contributed by atoms with E-state index in [4.69, 9.17) is 12.8 Å². The van der Waals surface area contributed by atoms with E-state index < -0.39 is 23.9 Å². The van der Waals surface area contributed by atoms with Crippen molar-refractivity contribution in [3.8, 4) is 24.7 Å². The Kier molecular flexibility index (Phi) is 3.05. The standard InChI is InChI=1S/C17H14N2O2/c1-4-12-14-15(13(5-2)18(12)3)17(21)19(16(14)20)11-9-7-6-8-10-11/h1-2,6-10,12-15H,3H3/t12-,13-,14-,15+/m0/s1. The predicted octanol–water partition coefficient (Wildman–Crippen LogP) is 0.741.